The number of benzene rings is 2. The van der Waals surface area contributed by atoms with E-state index in [0.717, 1.165) is 34.5 Å². The van der Waals surface area contributed by atoms with Gasteiger partial charge in [-0.3, -0.25) is 9.71 Å². The molecule has 1 saturated heterocycles. The van der Waals surface area contributed by atoms with Crippen LogP contribution >= 0.6 is 23.8 Å². The Morgan fingerprint density at radius 1 is 1.13 bits per heavy atom. The summed E-state index contributed by atoms with van der Waals surface area (Å²) in [5.41, 5.74) is 6.31. The minimum absolute atomic E-state index is 0.136. The number of rotatable bonds is 5. The molecule has 10 heteroatoms. The standard InChI is InChI=1S/C28H30ClN5O2S2/c1-17-16-28(2,3)33(4)24-15-22(29)21(14-20(17)24)26-25(23-8-6-7-13-30-23)31-27(37)34(26)19-11-9-18(10-12-19)32-38(5,35)36/h6-16,25-26,32H,1-5H3,(H,31,37). The number of pyridine rings is 1. The smallest absolute Gasteiger partial charge is 0.229 e. The fourth-order valence-corrected chi connectivity index (χ4v) is 6.45. The third kappa shape index (κ3) is 4.86. The van der Waals surface area contributed by atoms with Gasteiger partial charge in [0.05, 0.1) is 29.6 Å². The number of hydrogen-bond donors (Lipinski definition) is 2. The highest BCUT2D eigenvalue weighted by molar-refractivity contribution is 7.92. The normalized spacial score (nSPS) is 20.6. The highest BCUT2D eigenvalue weighted by Crippen LogP contribution is 2.48. The van der Waals surface area contributed by atoms with Gasteiger partial charge in [-0.05, 0) is 92.7 Å². The number of sulfonamides is 1. The average Bonchev–Trinajstić information content (AvgIpc) is 3.19. The second-order valence-electron chi connectivity index (χ2n) is 10.3. The average molecular weight is 568 g/mol. The first-order chi connectivity index (χ1) is 17.9. The van der Waals surface area contributed by atoms with Gasteiger partial charge in [-0.15, -0.1) is 0 Å². The van der Waals surface area contributed by atoms with E-state index >= 15 is 0 Å². The van der Waals surface area contributed by atoms with E-state index in [2.05, 4.69) is 59.9 Å². The van der Waals surface area contributed by atoms with Gasteiger partial charge in [0, 0.05) is 40.9 Å². The first kappa shape index (κ1) is 26.5. The van der Waals surface area contributed by atoms with Crippen molar-refractivity contribution in [2.24, 2.45) is 0 Å². The van der Waals surface area contributed by atoms with E-state index in [-0.39, 0.29) is 17.6 Å². The predicted molar refractivity (Wildman–Crippen MR) is 160 cm³/mol. The maximum Gasteiger partial charge on any atom is 0.229 e. The molecule has 1 aromatic heterocycles. The molecule has 2 N–H and O–H groups in total. The summed E-state index contributed by atoms with van der Waals surface area (Å²) in [6.07, 6.45) is 5.16. The van der Waals surface area contributed by atoms with Crippen molar-refractivity contribution in [1.29, 1.82) is 0 Å². The van der Waals surface area contributed by atoms with Gasteiger partial charge in [0.25, 0.3) is 0 Å². The van der Waals surface area contributed by atoms with Crippen LogP contribution in [0.1, 0.15) is 49.7 Å². The molecule has 7 nitrogen and oxygen atoms in total. The molecule has 2 atom stereocenters. The molecule has 2 aromatic carbocycles. The zero-order chi connectivity index (χ0) is 27.4. The molecule has 38 heavy (non-hydrogen) atoms. The van der Waals surface area contributed by atoms with E-state index in [4.69, 9.17) is 23.8 Å². The quantitative estimate of drug-likeness (QED) is 0.371. The van der Waals surface area contributed by atoms with Crippen LogP contribution in [0.3, 0.4) is 0 Å². The summed E-state index contributed by atoms with van der Waals surface area (Å²) in [4.78, 5) is 8.90. The third-order valence-electron chi connectivity index (χ3n) is 7.20. The highest BCUT2D eigenvalue weighted by Gasteiger charge is 2.42. The SMILES string of the molecule is CC1=CC(C)(C)N(C)c2cc(Cl)c(C3C(c4ccccn4)NC(=S)N3c3ccc(NS(C)(=O)=O)cc3)cc21. The molecule has 3 aromatic rings. The topological polar surface area (TPSA) is 77.6 Å². The van der Waals surface area contributed by atoms with Gasteiger partial charge < -0.3 is 15.1 Å². The first-order valence-electron chi connectivity index (χ1n) is 12.2. The number of thiocarbonyl (C=S) groups is 1. The van der Waals surface area contributed by atoms with Crippen molar-refractivity contribution in [2.45, 2.75) is 38.4 Å². The molecule has 5 rings (SSSR count). The molecular weight excluding hydrogens is 538 g/mol. The lowest BCUT2D eigenvalue weighted by molar-refractivity contribution is 0.567. The molecule has 2 aliphatic heterocycles. The third-order valence-corrected chi connectivity index (χ3v) is 8.45. The second-order valence-corrected chi connectivity index (χ2v) is 12.9. The molecule has 0 amide bonds. The van der Waals surface area contributed by atoms with E-state index in [0.29, 0.717) is 15.8 Å². The Bertz CT molecular complexity index is 1540. The summed E-state index contributed by atoms with van der Waals surface area (Å²) in [6, 6.07) is 16.6. The van der Waals surface area contributed by atoms with Crippen molar-refractivity contribution >= 4 is 61.6 Å². The van der Waals surface area contributed by atoms with Gasteiger partial charge in [-0.25, -0.2) is 8.42 Å². The van der Waals surface area contributed by atoms with Crippen LogP contribution in [0.15, 0.2) is 66.9 Å². The van der Waals surface area contributed by atoms with Crippen molar-refractivity contribution in [3.05, 3.63) is 88.7 Å². The number of hydrogen-bond acceptors (Lipinski definition) is 5. The van der Waals surface area contributed by atoms with E-state index < -0.39 is 10.0 Å². The van der Waals surface area contributed by atoms with Gasteiger partial charge in [0.2, 0.25) is 10.0 Å². The molecular formula is C28H30ClN5O2S2. The minimum Gasteiger partial charge on any atom is -0.365 e. The van der Waals surface area contributed by atoms with Crippen LogP contribution in [0.25, 0.3) is 5.57 Å². The summed E-state index contributed by atoms with van der Waals surface area (Å²) < 4.78 is 25.9. The lowest BCUT2D eigenvalue weighted by Crippen LogP contribution is -2.42. The number of nitrogens with zero attached hydrogens (tertiary/aromatic N) is 3. The molecule has 0 spiro atoms. The minimum atomic E-state index is -3.39. The second kappa shape index (κ2) is 9.55. The molecule has 198 valence electrons. The fourth-order valence-electron chi connectivity index (χ4n) is 5.27. The van der Waals surface area contributed by atoms with Crippen LogP contribution in [-0.4, -0.2) is 37.4 Å². The van der Waals surface area contributed by atoms with Gasteiger partial charge in [0.15, 0.2) is 5.11 Å². The summed E-state index contributed by atoms with van der Waals surface area (Å²) in [5, 5.41) is 4.63. The number of fused-ring (bicyclic) bond motifs is 1. The number of allylic oxidation sites excluding steroid dienone is 1. The number of likely N-dealkylation sites (N-methyl/N-ethyl adjacent to an activating group) is 1. The van der Waals surface area contributed by atoms with Crippen molar-refractivity contribution in [1.82, 2.24) is 10.3 Å². The van der Waals surface area contributed by atoms with Gasteiger partial charge in [-0.1, -0.05) is 23.7 Å². The molecule has 0 aliphatic carbocycles. The Hall–Kier alpha value is -3.14. The van der Waals surface area contributed by atoms with Crippen molar-refractivity contribution < 1.29 is 8.42 Å². The van der Waals surface area contributed by atoms with E-state index in [1.54, 1.807) is 18.3 Å². The first-order valence-corrected chi connectivity index (χ1v) is 14.9. The maximum absolute atomic E-state index is 11.7. The van der Waals surface area contributed by atoms with E-state index in [9.17, 15) is 8.42 Å². The molecule has 0 saturated carbocycles. The molecule has 0 bridgehead atoms. The van der Waals surface area contributed by atoms with Crippen molar-refractivity contribution in [2.75, 3.05) is 27.8 Å². The highest BCUT2D eigenvalue weighted by atomic mass is 35.5. The molecule has 2 unspecified atom stereocenters. The van der Waals surface area contributed by atoms with Crippen LogP contribution in [-0.2, 0) is 10.0 Å². The summed E-state index contributed by atoms with van der Waals surface area (Å²) in [7, 11) is -1.31. The van der Waals surface area contributed by atoms with E-state index in [1.165, 1.54) is 5.57 Å². The van der Waals surface area contributed by atoms with Gasteiger partial charge in [0.1, 0.15) is 0 Å². The van der Waals surface area contributed by atoms with Crippen molar-refractivity contribution in [3.63, 3.8) is 0 Å². The van der Waals surface area contributed by atoms with Gasteiger partial charge >= 0.3 is 0 Å². The molecule has 3 heterocycles. The van der Waals surface area contributed by atoms with E-state index in [1.807, 2.05) is 41.3 Å². The van der Waals surface area contributed by atoms with Crippen LogP contribution in [0.2, 0.25) is 5.02 Å². The lowest BCUT2D eigenvalue weighted by atomic mass is 9.86. The summed E-state index contributed by atoms with van der Waals surface area (Å²) in [5.74, 6) is 0. The van der Waals surface area contributed by atoms with Crippen LogP contribution < -0.4 is 19.8 Å². The number of anilines is 3. The van der Waals surface area contributed by atoms with Crippen LogP contribution in [0.4, 0.5) is 17.1 Å². The van der Waals surface area contributed by atoms with Crippen LogP contribution in [0.5, 0.6) is 0 Å². The molecule has 2 aliphatic rings. The van der Waals surface area contributed by atoms with Gasteiger partial charge in [-0.2, -0.15) is 0 Å². The van der Waals surface area contributed by atoms with Crippen LogP contribution in [0, 0.1) is 0 Å². The fraction of sp³-hybridized carbons (Fsp3) is 0.286. The summed E-state index contributed by atoms with van der Waals surface area (Å²) >= 11 is 12.9. The number of halogens is 1. The van der Waals surface area contributed by atoms with Crippen molar-refractivity contribution in [3.8, 4) is 0 Å². The number of aromatic nitrogens is 1. The Kier molecular flexibility index (Phi) is 6.65. The largest absolute Gasteiger partial charge is 0.365 e. The Morgan fingerprint density at radius 2 is 1.84 bits per heavy atom. The molecule has 0 radical (unpaired) electrons. The summed E-state index contributed by atoms with van der Waals surface area (Å²) in [6.45, 7) is 6.49. The molecule has 1 fully saturated rings. The Labute approximate surface area is 234 Å². The zero-order valence-corrected chi connectivity index (χ0v) is 24.2. The Balaban J connectivity index is 1.65. The zero-order valence-electron chi connectivity index (χ0n) is 21.9. The monoisotopic (exact) mass is 567 g/mol. The lowest BCUT2D eigenvalue weighted by Gasteiger charge is -2.41. The number of nitrogens with one attached hydrogen (secondary N) is 2. The maximum atomic E-state index is 11.7. The Morgan fingerprint density at radius 3 is 2.47 bits per heavy atom. The predicted octanol–water partition coefficient (Wildman–Crippen LogP) is 5.92.